The van der Waals surface area contributed by atoms with E-state index in [1.165, 1.54) is 0 Å². The van der Waals surface area contributed by atoms with Crippen molar-refractivity contribution in [2.24, 2.45) is 5.16 Å². The molecule has 0 unspecified atom stereocenters. The van der Waals surface area contributed by atoms with Gasteiger partial charge in [-0.15, -0.1) is 11.2 Å². The van der Waals surface area contributed by atoms with Gasteiger partial charge in [-0.2, -0.15) is 0 Å². The summed E-state index contributed by atoms with van der Waals surface area (Å²) in [5, 5.41) is 8.97. The van der Waals surface area contributed by atoms with Crippen molar-refractivity contribution in [3.05, 3.63) is 77.6 Å². The van der Waals surface area contributed by atoms with Crippen molar-refractivity contribution < 1.29 is 16.2 Å². The summed E-state index contributed by atoms with van der Waals surface area (Å²) in [5.74, 6) is 0.717. The molecule has 0 bridgehead atoms. The number of halogens is 3. The molecule has 27 heavy (non-hydrogen) atoms. The summed E-state index contributed by atoms with van der Waals surface area (Å²) in [5.41, 5.74) is 2.57. The van der Waals surface area contributed by atoms with Gasteiger partial charge in [0.05, 0.1) is 5.71 Å². The van der Waals surface area contributed by atoms with Gasteiger partial charge in [-0.1, -0.05) is 80.5 Å². The Hall–Kier alpha value is -1.15. The first kappa shape index (κ1) is 23.9. The molecular formula is C20H23Cl3CrN2O. The SMILES string of the molecule is CC(/C=C(\[N-]C(C)(C)C)c1ccccc1)=N\Oc1ccccc1.[Cl][Cr+]([Cl])[Cl]. The minimum absolute atomic E-state index is 0.164. The van der Waals surface area contributed by atoms with Crippen molar-refractivity contribution in [2.45, 2.75) is 33.2 Å². The molecule has 0 saturated heterocycles. The van der Waals surface area contributed by atoms with Crippen LogP contribution in [0.25, 0.3) is 11.0 Å². The number of hydrogen-bond acceptors (Lipinski definition) is 2. The number of nitrogens with zero attached hydrogens (tertiary/aromatic N) is 2. The zero-order chi connectivity index (χ0) is 20.3. The average molecular weight is 466 g/mol. The van der Waals surface area contributed by atoms with Crippen LogP contribution in [-0.4, -0.2) is 11.3 Å². The molecule has 0 amide bonds. The van der Waals surface area contributed by atoms with E-state index in [-0.39, 0.29) is 5.54 Å². The molecule has 2 rings (SSSR count). The van der Waals surface area contributed by atoms with E-state index in [9.17, 15) is 0 Å². The third-order valence-electron chi connectivity index (χ3n) is 2.91. The summed E-state index contributed by atoms with van der Waals surface area (Å²) >= 11 is -1.62. The number of para-hydroxylation sites is 1. The monoisotopic (exact) mass is 464 g/mol. The van der Waals surface area contributed by atoms with Gasteiger partial charge in [0.1, 0.15) is 0 Å². The summed E-state index contributed by atoms with van der Waals surface area (Å²) in [6.45, 7) is 8.15. The van der Waals surface area contributed by atoms with Gasteiger partial charge in [0.25, 0.3) is 0 Å². The first-order chi connectivity index (χ1) is 12.7. The van der Waals surface area contributed by atoms with Crippen LogP contribution in [0.3, 0.4) is 0 Å². The van der Waals surface area contributed by atoms with Crippen LogP contribution in [0.5, 0.6) is 5.75 Å². The maximum atomic E-state index is 5.44. The van der Waals surface area contributed by atoms with Crippen molar-refractivity contribution in [3.63, 3.8) is 0 Å². The van der Waals surface area contributed by atoms with Crippen molar-refractivity contribution in [1.29, 1.82) is 0 Å². The van der Waals surface area contributed by atoms with Gasteiger partial charge in [0, 0.05) is 0 Å². The third-order valence-corrected chi connectivity index (χ3v) is 2.91. The zero-order valence-electron chi connectivity index (χ0n) is 15.7. The third kappa shape index (κ3) is 12.0. The number of rotatable bonds is 5. The molecule has 0 fully saturated rings. The Labute approximate surface area is 179 Å². The number of benzene rings is 2. The predicted octanol–water partition coefficient (Wildman–Crippen LogP) is 7.72. The summed E-state index contributed by atoms with van der Waals surface area (Å²) in [6, 6.07) is 19.6. The van der Waals surface area contributed by atoms with E-state index < -0.39 is 11.4 Å². The van der Waals surface area contributed by atoms with Crippen LogP contribution in [0, 0.1) is 0 Å². The molecule has 7 heteroatoms. The predicted molar refractivity (Wildman–Crippen MR) is 115 cm³/mol. The maximum absolute atomic E-state index is 5.44. The molecule has 3 nitrogen and oxygen atoms in total. The number of hydrogen-bond donors (Lipinski definition) is 0. The fourth-order valence-corrected chi connectivity index (χ4v) is 1.98. The second-order valence-corrected chi connectivity index (χ2v) is 12.8. The van der Waals surface area contributed by atoms with E-state index >= 15 is 0 Å². The minimum atomic E-state index is -1.62. The Morgan fingerprint density at radius 1 is 0.963 bits per heavy atom. The van der Waals surface area contributed by atoms with Crippen LogP contribution < -0.4 is 4.84 Å². The van der Waals surface area contributed by atoms with Crippen LogP contribution in [0.1, 0.15) is 33.3 Å². The normalized spacial score (nSPS) is 12.3. The molecule has 0 aliphatic heterocycles. The van der Waals surface area contributed by atoms with Gasteiger partial charge in [-0.3, -0.25) is 0 Å². The summed E-state index contributed by atoms with van der Waals surface area (Å²) in [4.78, 5) is 5.44. The van der Waals surface area contributed by atoms with Crippen molar-refractivity contribution in [2.75, 3.05) is 0 Å². The summed E-state index contributed by atoms with van der Waals surface area (Å²) in [6.07, 6.45) is 1.95. The molecule has 146 valence electrons. The van der Waals surface area contributed by atoms with Crippen LogP contribution >= 0.6 is 30.1 Å². The van der Waals surface area contributed by atoms with Crippen LogP contribution in [0.2, 0.25) is 0 Å². The first-order valence-corrected chi connectivity index (χ1v) is 13.4. The Morgan fingerprint density at radius 2 is 1.44 bits per heavy atom. The number of allylic oxidation sites excluding steroid dienone is 1. The van der Waals surface area contributed by atoms with E-state index in [0.29, 0.717) is 5.75 Å². The van der Waals surface area contributed by atoms with Gasteiger partial charge in [-0.25, -0.2) is 0 Å². The van der Waals surface area contributed by atoms with Crippen molar-refractivity contribution in [3.8, 4) is 5.75 Å². The molecule has 0 spiro atoms. The molecule has 0 aromatic heterocycles. The zero-order valence-corrected chi connectivity index (χ0v) is 19.2. The van der Waals surface area contributed by atoms with E-state index in [0.717, 1.165) is 17.0 Å². The van der Waals surface area contributed by atoms with Crippen LogP contribution in [-0.2, 0) is 11.4 Å². The Bertz CT molecular complexity index is 727. The molecular weight excluding hydrogens is 443 g/mol. The molecule has 2 aromatic rings. The van der Waals surface area contributed by atoms with Crippen molar-refractivity contribution >= 4 is 41.6 Å². The van der Waals surface area contributed by atoms with Crippen molar-refractivity contribution in [1.82, 2.24) is 0 Å². The molecule has 0 aliphatic rings. The fourth-order valence-electron chi connectivity index (χ4n) is 1.98. The molecule has 2 aromatic carbocycles. The summed E-state index contributed by atoms with van der Waals surface area (Å²) in [7, 11) is 14.8. The fraction of sp³-hybridized carbons (Fsp3) is 0.250. The average Bonchev–Trinajstić information content (AvgIpc) is 2.59. The molecule has 0 radical (unpaired) electrons. The quantitative estimate of drug-likeness (QED) is 0.329. The molecule has 0 atom stereocenters. The van der Waals surface area contributed by atoms with Gasteiger partial charge in [0.2, 0.25) is 0 Å². The molecule has 0 N–H and O–H groups in total. The second kappa shape index (κ2) is 12.3. The molecule has 0 heterocycles. The van der Waals surface area contributed by atoms with Gasteiger partial charge < -0.3 is 10.2 Å². The topological polar surface area (TPSA) is 35.7 Å². The standard InChI is InChI=1S/C20H23N2O.3ClH.Cr/c1-16(22-23-18-13-9-6-10-14-18)15-19(21-20(2,3)4)17-11-7-5-8-12-17;;;;/h5-15H,1-4H3;3*1H;/q-1;;;;+4/p-3/b19-15-,22-16+;;;;. The molecule has 0 saturated carbocycles. The number of oxime groups is 1. The van der Waals surface area contributed by atoms with E-state index in [2.05, 4.69) is 25.9 Å². The Morgan fingerprint density at radius 3 is 1.93 bits per heavy atom. The Balaban J connectivity index is 0.000000828. The van der Waals surface area contributed by atoms with Gasteiger partial charge in [0.15, 0.2) is 5.75 Å². The van der Waals surface area contributed by atoms with E-state index in [4.69, 9.17) is 40.3 Å². The van der Waals surface area contributed by atoms with Crippen LogP contribution in [0.15, 0.2) is 71.9 Å². The second-order valence-electron chi connectivity index (χ2n) is 6.49. The van der Waals surface area contributed by atoms with E-state index in [1.807, 2.05) is 73.7 Å². The van der Waals surface area contributed by atoms with Gasteiger partial charge in [-0.05, 0) is 24.6 Å². The Kier molecular flexibility index (Phi) is 10.9. The van der Waals surface area contributed by atoms with Gasteiger partial charge >= 0.3 is 41.5 Å². The first-order valence-electron chi connectivity index (χ1n) is 8.17. The van der Waals surface area contributed by atoms with E-state index in [1.54, 1.807) is 0 Å². The summed E-state index contributed by atoms with van der Waals surface area (Å²) < 4.78 is 0. The molecule has 0 aliphatic carbocycles. The van der Waals surface area contributed by atoms with Crippen LogP contribution in [0.4, 0.5) is 0 Å².